The van der Waals surface area contributed by atoms with Crippen LogP contribution in [0.15, 0.2) is 83.3 Å². The average Bonchev–Trinajstić information content (AvgIpc) is 2.96. The summed E-state index contributed by atoms with van der Waals surface area (Å²) in [6.07, 6.45) is 2.89. The van der Waals surface area contributed by atoms with Crippen molar-refractivity contribution in [2.75, 3.05) is 0 Å². The summed E-state index contributed by atoms with van der Waals surface area (Å²) in [5.41, 5.74) is 5.29. The monoisotopic (exact) mass is 390 g/mol. The predicted molar refractivity (Wildman–Crippen MR) is 103 cm³/mol. The van der Waals surface area contributed by atoms with E-state index in [0.717, 1.165) is 32.3 Å². The molecule has 0 aromatic heterocycles. The molecule has 3 heteroatoms. The van der Waals surface area contributed by atoms with Crippen molar-refractivity contribution >= 4 is 28.0 Å². The first kappa shape index (κ1) is 15.9. The Bertz CT molecular complexity index is 912. The lowest BCUT2D eigenvalue weighted by atomic mass is 10.1. The van der Waals surface area contributed by atoms with Crippen molar-refractivity contribution in [3.8, 4) is 11.1 Å². The van der Waals surface area contributed by atoms with Crippen molar-refractivity contribution in [2.24, 2.45) is 0 Å². The fourth-order valence-corrected chi connectivity index (χ4v) is 3.39. The Morgan fingerprint density at radius 2 is 1.40 bits per heavy atom. The smallest absolute Gasteiger partial charge is 0.331 e. The number of halogens is 1. The number of carbonyl (C=O) groups excluding carboxylic acids is 1. The van der Waals surface area contributed by atoms with Gasteiger partial charge in [0.2, 0.25) is 0 Å². The fourth-order valence-electron chi connectivity index (χ4n) is 3.13. The van der Waals surface area contributed by atoms with Crippen molar-refractivity contribution in [1.82, 2.24) is 0 Å². The van der Waals surface area contributed by atoms with Crippen LogP contribution < -0.4 is 0 Å². The molecule has 0 amide bonds. The van der Waals surface area contributed by atoms with E-state index in [4.69, 9.17) is 4.74 Å². The maximum atomic E-state index is 12.3. The van der Waals surface area contributed by atoms with E-state index in [1.807, 2.05) is 60.7 Å². The van der Waals surface area contributed by atoms with Crippen LogP contribution in [0, 0.1) is 0 Å². The van der Waals surface area contributed by atoms with Crippen LogP contribution in [0.4, 0.5) is 0 Å². The summed E-state index contributed by atoms with van der Waals surface area (Å²) < 4.78 is 6.78. The minimum Gasteiger partial charge on any atom is -0.449 e. The molecule has 0 radical (unpaired) electrons. The third kappa shape index (κ3) is 3.15. The summed E-state index contributed by atoms with van der Waals surface area (Å²) in [6, 6.07) is 23.9. The van der Waals surface area contributed by atoms with Gasteiger partial charge in [-0.15, -0.1) is 0 Å². The van der Waals surface area contributed by atoms with Gasteiger partial charge in [-0.25, -0.2) is 4.79 Å². The fraction of sp³-hybridized carbons (Fsp3) is 0.0455. The molecule has 0 spiro atoms. The second-order valence-corrected chi connectivity index (χ2v) is 6.79. The highest BCUT2D eigenvalue weighted by Crippen LogP contribution is 2.45. The van der Waals surface area contributed by atoms with Gasteiger partial charge in [0.25, 0.3) is 0 Å². The Hall–Kier alpha value is -2.65. The molecule has 1 aliphatic carbocycles. The third-order valence-electron chi connectivity index (χ3n) is 4.29. The van der Waals surface area contributed by atoms with Crippen molar-refractivity contribution in [3.05, 3.63) is 100 Å². The SMILES string of the molecule is O=C(/C=C/c1ccc(Br)cc1)OC1c2ccccc2-c2ccccc21. The zero-order valence-electron chi connectivity index (χ0n) is 13.4. The number of rotatable bonds is 3. The molecule has 0 N–H and O–H groups in total. The first-order chi connectivity index (χ1) is 12.2. The van der Waals surface area contributed by atoms with Crippen LogP contribution in [0.2, 0.25) is 0 Å². The second-order valence-electron chi connectivity index (χ2n) is 5.88. The molecule has 1 aliphatic rings. The minimum atomic E-state index is -0.352. The van der Waals surface area contributed by atoms with Crippen LogP contribution in [-0.2, 0) is 9.53 Å². The summed E-state index contributed by atoms with van der Waals surface area (Å²) in [5.74, 6) is -0.348. The third-order valence-corrected chi connectivity index (χ3v) is 4.82. The van der Waals surface area contributed by atoms with Gasteiger partial charge in [-0.3, -0.25) is 0 Å². The van der Waals surface area contributed by atoms with E-state index >= 15 is 0 Å². The van der Waals surface area contributed by atoms with Crippen LogP contribution in [0.25, 0.3) is 17.2 Å². The molecule has 0 bridgehead atoms. The van der Waals surface area contributed by atoms with Gasteiger partial charge in [0.15, 0.2) is 6.10 Å². The van der Waals surface area contributed by atoms with E-state index in [1.54, 1.807) is 6.08 Å². The lowest BCUT2D eigenvalue weighted by Crippen LogP contribution is -2.08. The second kappa shape index (κ2) is 6.69. The van der Waals surface area contributed by atoms with Crippen molar-refractivity contribution in [1.29, 1.82) is 0 Å². The molecule has 3 aromatic carbocycles. The summed E-state index contributed by atoms with van der Waals surface area (Å²) in [5, 5.41) is 0. The standard InChI is InChI=1S/C22H15BrO2/c23-16-12-9-15(10-13-16)11-14-21(24)25-22-19-7-3-1-5-17(19)18-6-2-4-8-20(18)22/h1-14,22H/b14-11+. The molecule has 2 nitrogen and oxygen atoms in total. The van der Waals surface area contributed by atoms with Gasteiger partial charge >= 0.3 is 5.97 Å². The van der Waals surface area contributed by atoms with Crippen molar-refractivity contribution in [2.45, 2.75) is 6.10 Å². The molecule has 122 valence electrons. The Kier molecular flexibility index (Phi) is 4.24. The average molecular weight is 391 g/mol. The highest BCUT2D eigenvalue weighted by molar-refractivity contribution is 9.10. The minimum absolute atomic E-state index is 0.348. The number of hydrogen-bond acceptors (Lipinski definition) is 2. The zero-order valence-corrected chi connectivity index (χ0v) is 14.9. The number of hydrogen-bond donors (Lipinski definition) is 0. The maximum absolute atomic E-state index is 12.3. The number of esters is 1. The molecule has 4 rings (SSSR count). The first-order valence-electron chi connectivity index (χ1n) is 8.05. The van der Waals surface area contributed by atoms with Crippen LogP contribution in [-0.4, -0.2) is 5.97 Å². The molecule has 0 atom stereocenters. The topological polar surface area (TPSA) is 26.3 Å². The normalized spacial score (nSPS) is 12.8. The molecule has 0 unspecified atom stereocenters. The van der Waals surface area contributed by atoms with Crippen LogP contribution in [0.3, 0.4) is 0 Å². The molecule has 0 aliphatic heterocycles. The van der Waals surface area contributed by atoms with Gasteiger partial charge in [-0.1, -0.05) is 76.6 Å². The highest BCUT2D eigenvalue weighted by Gasteiger charge is 2.30. The Labute approximate surface area is 154 Å². The van der Waals surface area contributed by atoms with E-state index in [2.05, 4.69) is 28.1 Å². The van der Waals surface area contributed by atoms with Gasteiger partial charge in [-0.05, 0) is 34.9 Å². The largest absolute Gasteiger partial charge is 0.449 e. The lowest BCUT2D eigenvalue weighted by Gasteiger charge is -2.13. The van der Waals surface area contributed by atoms with Gasteiger partial charge in [0.1, 0.15) is 0 Å². The van der Waals surface area contributed by atoms with Crippen LogP contribution in [0.5, 0.6) is 0 Å². The molecule has 3 aromatic rings. The number of carbonyl (C=O) groups is 1. The molecular weight excluding hydrogens is 376 g/mol. The van der Waals surface area contributed by atoms with Crippen LogP contribution >= 0.6 is 15.9 Å². The van der Waals surface area contributed by atoms with Gasteiger partial charge in [-0.2, -0.15) is 0 Å². The quantitative estimate of drug-likeness (QED) is 0.418. The van der Waals surface area contributed by atoms with Crippen molar-refractivity contribution in [3.63, 3.8) is 0 Å². The Balaban J connectivity index is 1.58. The van der Waals surface area contributed by atoms with Crippen molar-refractivity contribution < 1.29 is 9.53 Å². The van der Waals surface area contributed by atoms with Gasteiger partial charge in [0, 0.05) is 21.7 Å². The Morgan fingerprint density at radius 3 is 2.00 bits per heavy atom. The van der Waals surface area contributed by atoms with Gasteiger partial charge < -0.3 is 4.74 Å². The first-order valence-corrected chi connectivity index (χ1v) is 8.84. The molecular formula is C22H15BrO2. The molecule has 25 heavy (non-hydrogen) atoms. The van der Waals surface area contributed by atoms with Gasteiger partial charge in [0.05, 0.1) is 0 Å². The lowest BCUT2D eigenvalue weighted by molar-refractivity contribution is -0.141. The Morgan fingerprint density at radius 1 is 0.840 bits per heavy atom. The highest BCUT2D eigenvalue weighted by atomic mass is 79.9. The number of ether oxygens (including phenoxy) is 1. The van der Waals surface area contributed by atoms with Crippen LogP contribution in [0.1, 0.15) is 22.8 Å². The summed E-state index contributed by atoms with van der Waals surface area (Å²) >= 11 is 3.40. The maximum Gasteiger partial charge on any atom is 0.331 e. The zero-order chi connectivity index (χ0) is 17.2. The van der Waals surface area contributed by atoms with E-state index in [1.165, 1.54) is 6.08 Å². The summed E-state index contributed by atoms with van der Waals surface area (Å²) in [6.45, 7) is 0. The molecule has 0 saturated carbocycles. The van der Waals surface area contributed by atoms with E-state index in [-0.39, 0.29) is 12.1 Å². The molecule has 0 heterocycles. The molecule has 0 saturated heterocycles. The predicted octanol–water partition coefficient (Wildman–Crippen LogP) is 5.78. The summed E-state index contributed by atoms with van der Waals surface area (Å²) in [7, 11) is 0. The van der Waals surface area contributed by atoms with E-state index in [9.17, 15) is 4.79 Å². The molecule has 0 fully saturated rings. The number of fused-ring (bicyclic) bond motifs is 3. The summed E-state index contributed by atoms with van der Waals surface area (Å²) in [4.78, 5) is 12.3. The van der Waals surface area contributed by atoms with E-state index in [0.29, 0.717) is 0 Å². The number of benzene rings is 3. The van der Waals surface area contributed by atoms with E-state index < -0.39 is 0 Å².